The van der Waals surface area contributed by atoms with Crippen molar-refractivity contribution in [1.82, 2.24) is 9.97 Å². The zero-order valence-electron chi connectivity index (χ0n) is 13.7. The molecular weight excluding hydrogens is 319 g/mol. The Kier molecular flexibility index (Phi) is 4.99. The van der Waals surface area contributed by atoms with Crippen molar-refractivity contribution in [1.29, 1.82) is 0 Å². The fourth-order valence-electron chi connectivity index (χ4n) is 2.41. The molecule has 0 saturated carbocycles. The van der Waals surface area contributed by atoms with Gasteiger partial charge in [0, 0.05) is 24.0 Å². The third-order valence-electron chi connectivity index (χ3n) is 3.63. The van der Waals surface area contributed by atoms with E-state index in [0.717, 1.165) is 5.69 Å². The van der Waals surface area contributed by atoms with Crippen molar-refractivity contribution in [3.05, 3.63) is 78.5 Å². The number of carbonyl (C=O) groups is 1. The average Bonchev–Trinajstić information content (AvgIpc) is 2.65. The standard InChI is InChI=1S/C19H17FN4O/c1-2-24(16-6-4-3-5-7-16)19(25)17-12-18(22-13-21-17)23-15-10-8-14(20)9-11-15/h3-13H,2H2,1H3,(H,21,22,23). The molecule has 0 aliphatic heterocycles. The average molecular weight is 336 g/mol. The van der Waals surface area contributed by atoms with Crippen molar-refractivity contribution in [3.8, 4) is 0 Å². The van der Waals surface area contributed by atoms with Gasteiger partial charge in [-0.05, 0) is 43.3 Å². The summed E-state index contributed by atoms with van der Waals surface area (Å²) in [4.78, 5) is 22.6. The Bertz CT molecular complexity index is 853. The van der Waals surface area contributed by atoms with Crippen molar-refractivity contribution < 1.29 is 9.18 Å². The van der Waals surface area contributed by atoms with Gasteiger partial charge in [-0.15, -0.1) is 0 Å². The van der Waals surface area contributed by atoms with E-state index >= 15 is 0 Å². The molecule has 1 amide bonds. The molecule has 0 spiro atoms. The highest BCUT2D eigenvalue weighted by Gasteiger charge is 2.17. The number of anilines is 3. The fourth-order valence-corrected chi connectivity index (χ4v) is 2.41. The van der Waals surface area contributed by atoms with Crippen LogP contribution in [-0.2, 0) is 0 Å². The second kappa shape index (κ2) is 7.53. The highest BCUT2D eigenvalue weighted by molar-refractivity contribution is 6.05. The van der Waals surface area contributed by atoms with E-state index in [9.17, 15) is 9.18 Å². The molecule has 0 atom stereocenters. The molecule has 0 unspecified atom stereocenters. The molecule has 5 nitrogen and oxygen atoms in total. The Hall–Kier alpha value is -3.28. The maximum absolute atomic E-state index is 13.0. The topological polar surface area (TPSA) is 58.1 Å². The highest BCUT2D eigenvalue weighted by Crippen LogP contribution is 2.18. The first kappa shape index (κ1) is 16.6. The van der Waals surface area contributed by atoms with Crippen LogP contribution in [0.3, 0.4) is 0 Å². The van der Waals surface area contributed by atoms with Crippen molar-refractivity contribution in [3.63, 3.8) is 0 Å². The Morgan fingerprint density at radius 2 is 1.80 bits per heavy atom. The molecule has 1 aromatic heterocycles. The second-order valence-corrected chi connectivity index (χ2v) is 5.31. The number of nitrogens with one attached hydrogen (secondary N) is 1. The number of nitrogens with zero attached hydrogens (tertiary/aromatic N) is 3. The van der Waals surface area contributed by atoms with Crippen molar-refractivity contribution in [2.75, 3.05) is 16.8 Å². The molecule has 0 aliphatic carbocycles. The summed E-state index contributed by atoms with van der Waals surface area (Å²) < 4.78 is 13.0. The second-order valence-electron chi connectivity index (χ2n) is 5.31. The van der Waals surface area contributed by atoms with Crippen LogP contribution in [0.4, 0.5) is 21.6 Å². The lowest BCUT2D eigenvalue weighted by Gasteiger charge is -2.20. The molecule has 0 saturated heterocycles. The first-order valence-electron chi connectivity index (χ1n) is 7.89. The van der Waals surface area contributed by atoms with Gasteiger partial charge in [0.1, 0.15) is 23.7 Å². The number of hydrogen-bond acceptors (Lipinski definition) is 4. The lowest BCUT2D eigenvalue weighted by atomic mass is 10.2. The highest BCUT2D eigenvalue weighted by atomic mass is 19.1. The van der Waals surface area contributed by atoms with Crippen LogP contribution in [0.1, 0.15) is 17.4 Å². The fraction of sp³-hybridized carbons (Fsp3) is 0.105. The summed E-state index contributed by atoms with van der Waals surface area (Å²) >= 11 is 0. The number of rotatable bonds is 5. The summed E-state index contributed by atoms with van der Waals surface area (Å²) in [5, 5.41) is 3.03. The van der Waals surface area contributed by atoms with Crippen molar-refractivity contribution in [2.24, 2.45) is 0 Å². The molecule has 0 fully saturated rings. The minimum absolute atomic E-state index is 0.210. The Balaban J connectivity index is 1.82. The van der Waals surface area contributed by atoms with Crippen LogP contribution in [0.2, 0.25) is 0 Å². The van der Waals surface area contributed by atoms with E-state index in [4.69, 9.17) is 0 Å². The maximum atomic E-state index is 13.0. The largest absolute Gasteiger partial charge is 0.340 e. The van der Waals surface area contributed by atoms with Gasteiger partial charge in [-0.1, -0.05) is 18.2 Å². The van der Waals surface area contributed by atoms with Gasteiger partial charge < -0.3 is 10.2 Å². The summed E-state index contributed by atoms with van der Waals surface area (Å²) in [6.45, 7) is 2.43. The van der Waals surface area contributed by atoms with E-state index in [2.05, 4.69) is 15.3 Å². The number of benzene rings is 2. The molecule has 0 radical (unpaired) electrons. The zero-order chi connectivity index (χ0) is 17.6. The molecule has 0 aliphatic rings. The molecule has 2 aromatic carbocycles. The van der Waals surface area contributed by atoms with Crippen LogP contribution in [0.5, 0.6) is 0 Å². The first-order valence-corrected chi connectivity index (χ1v) is 7.89. The SMILES string of the molecule is CCN(C(=O)c1cc(Nc2ccc(F)cc2)ncn1)c1ccccc1. The molecule has 126 valence electrons. The van der Waals surface area contributed by atoms with Crippen LogP contribution >= 0.6 is 0 Å². The third-order valence-corrected chi connectivity index (χ3v) is 3.63. The van der Waals surface area contributed by atoms with E-state index in [1.165, 1.54) is 18.5 Å². The maximum Gasteiger partial charge on any atom is 0.277 e. The lowest BCUT2D eigenvalue weighted by molar-refractivity contribution is 0.0983. The van der Waals surface area contributed by atoms with Gasteiger partial charge in [-0.25, -0.2) is 14.4 Å². The van der Waals surface area contributed by atoms with Crippen LogP contribution in [-0.4, -0.2) is 22.4 Å². The van der Waals surface area contributed by atoms with Gasteiger partial charge in [-0.2, -0.15) is 0 Å². The lowest BCUT2D eigenvalue weighted by Crippen LogP contribution is -2.31. The van der Waals surface area contributed by atoms with Gasteiger partial charge in [-0.3, -0.25) is 4.79 Å². The number of halogens is 1. The molecule has 3 aromatic rings. The van der Waals surface area contributed by atoms with Gasteiger partial charge in [0.05, 0.1) is 0 Å². The van der Waals surface area contributed by atoms with E-state index in [-0.39, 0.29) is 17.4 Å². The van der Waals surface area contributed by atoms with E-state index in [1.807, 2.05) is 37.3 Å². The third kappa shape index (κ3) is 3.98. The van der Waals surface area contributed by atoms with Crippen LogP contribution in [0.25, 0.3) is 0 Å². The predicted molar refractivity (Wildman–Crippen MR) is 95.5 cm³/mol. The van der Waals surface area contributed by atoms with E-state index in [0.29, 0.717) is 18.1 Å². The van der Waals surface area contributed by atoms with E-state index < -0.39 is 0 Å². The minimum atomic E-state index is -0.314. The van der Waals surface area contributed by atoms with Gasteiger partial charge in [0.25, 0.3) is 5.91 Å². The molecule has 1 heterocycles. The summed E-state index contributed by atoms with van der Waals surface area (Å²) in [7, 11) is 0. The molecule has 25 heavy (non-hydrogen) atoms. The normalized spacial score (nSPS) is 10.3. The monoisotopic (exact) mass is 336 g/mol. The van der Waals surface area contributed by atoms with Crippen LogP contribution < -0.4 is 10.2 Å². The van der Waals surface area contributed by atoms with Crippen molar-refractivity contribution >= 4 is 23.1 Å². The van der Waals surface area contributed by atoms with Crippen LogP contribution in [0, 0.1) is 5.82 Å². The van der Waals surface area contributed by atoms with E-state index in [1.54, 1.807) is 23.1 Å². The summed E-state index contributed by atoms with van der Waals surface area (Å²) in [6.07, 6.45) is 1.33. The number of hydrogen-bond donors (Lipinski definition) is 1. The number of para-hydroxylation sites is 1. The number of aromatic nitrogens is 2. The molecule has 0 bridgehead atoms. The quantitative estimate of drug-likeness (QED) is 0.764. The first-order chi connectivity index (χ1) is 12.2. The smallest absolute Gasteiger partial charge is 0.277 e. The predicted octanol–water partition coefficient (Wildman–Crippen LogP) is 4.03. The molecule has 1 N–H and O–H groups in total. The zero-order valence-corrected chi connectivity index (χ0v) is 13.7. The van der Waals surface area contributed by atoms with Gasteiger partial charge in [0.2, 0.25) is 0 Å². The Morgan fingerprint density at radius 3 is 2.48 bits per heavy atom. The summed E-state index contributed by atoms with van der Waals surface area (Å²) in [5.41, 5.74) is 1.76. The Morgan fingerprint density at radius 1 is 1.08 bits per heavy atom. The summed E-state index contributed by atoms with van der Waals surface area (Å²) in [6, 6.07) is 16.9. The molecule has 3 rings (SSSR count). The van der Waals surface area contributed by atoms with Crippen LogP contribution in [0.15, 0.2) is 67.0 Å². The summed E-state index contributed by atoms with van der Waals surface area (Å²) in [5.74, 6) is -0.0575. The van der Waals surface area contributed by atoms with Gasteiger partial charge in [0.15, 0.2) is 0 Å². The molecular formula is C19H17FN4O. The number of amides is 1. The molecule has 6 heteroatoms. The number of carbonyl (C=O) groups excluding carboxylic acids is 1. The Labute approximate surface area is 145 Å². The minimum Gasteiger partial charge on any atom is -0.340 e. The van der Waals surface area contributed by atoms with Crippen molar-refractivity contribution in [2.45, 2.75) is 6.92 Å². The van der Waals surface area contributed by atoms with Gasteiger partial charge >= 0.3 is 0 Å².